The first-order valence-electron chi connectivity index (χ1n) is 12.9. The average Bonchev–Trinajstić information content (AvgIpc) is 3.33. The Hall–Kier alpha value is -3.30. The fraction of sp³-hybridized carbons (Fsp3) is 0.481. The van der Waals surface area contributed by atoms with Crippen molar-refractivity contribution in [1.29, 1.82) is 0 Å². The van der Waals surface area contributed by atoms with Crippen LogP contribution in [0.5, 0.6) is 0 Å². The Bertz CT molecular complexity index is 1350. The van der Waals surface area contributed by atoms with Crippen molar-refractivity contribution in [1.82, 2.24) is 29.5 Å². The maximum Gasteiger partial charge on any atom is 0.233 e. The number of benzene rings is 1. The number of rotatable bonds is 4. The van der Waals surface area contributed by atoms with E-state index in [-0.39, 0.29) is 12.2 Å². The van der Waals surface area contributed by atoms with Crippen molar-refractivity contribution < 1.29 is 4.74 Å². The second kappa shape index (κ2) is 9.29. The predicted octanol–water partition coefficient (Wildman–Crippen LogP) is 3.48. The smallest absolute Gasteiger partial charge is 0.233 e. The number of hydrogen-bond acceptors (Lipinski definition) is 8. The molecule has 9 nitrogen and oxygen atoms in total. The summed E-state index contributed by atoms with van der Waals surface area (Å²) in [6.45, 7) is 7.90. The molecule has 0 spiro atoms. The summed E-state index contributed by atoms with van der Waals surface area (Å²) in [5.41, 5.74) is 5.57. The van der Waals surface area contributed by atoms with Gasteiger partial charge >= 0.3 is 0 Å². The molecule has 0 bridgehead atoms. The van der Waals surface area contributed by atoms with Crippen LogP contribution in [-0.2, 0) is 4.74 Å². The van der Waals surface area contributed by atoms with Gasteiger partial charge in [-0.2, -0.15) is 0 Å². The van der Waals surface area contributed by atoms with Crippen LogP contribution in [0, 0.1) is 0 Å². The lowest BCUT2D eigenvalue weighted by molar-refractivity contribution is -0.00575. The molecular formula is C27H34N8O. The summed E-state index contributed by atoms with van der Waals surface area (Å²) in [7, 11) is 4.36. The van der Waals surface area contributed by atoms with E-state index in [9.17, 15) is 0 Å². The Morgan fingerprint density at radius 2 is 1.61 bits per heavy atom. The van der Waals surface area contributed by atoms with Gasteiger partial charge in [0, 0.05) is 43.5 Å². The van der Waals surface area contributed by atoms with Gasteiger partial charge in [-0.3, -0.25) is 0 Å². The van der Waals surface area contributed by atoms with Crippen LogP contribution in [0.2, 0.25) is 0 Å². The van der Waals surface area contributed by atoms with Crippen molar-refractivity contribution in [3.63, 3.8) is 0 Å². The molecular weight excluding hydrogens is 452 g/mol. The number of morpholine rings is 1. The fourth-order valence-electron chi connectivity index (χ4n) is 5.60. The van der Waals surface area contributed by atoms with Crippen LogP contribution in [0.25, 0.3) is 28.1 Å². The normalized spacial score (nSPS) is 21.7. The van der Waals surface area contributed by atoms with Gasteiger partial charge in [0.2, 0.25) is 5.95 Å². The lowest BCUT2D eigenvalue weighted by atomic mass is 10.0. The van der Waals surface area contributed by atoms with Crippen molar-refractivity contribution in [2.24, 2.45) is 0 Å². The molecule has 5 heterocycles. The SMILES string of the molecule is C[C@@H]1CN(c2nnc3cnc4ccc(-c5ccc(N6CCC(N(C)C)CC6)cc5)nc4n23)C[C@H](C)O1. The molecule has 0 aliphatic carbocycles. The highest BCUT2D eigenvalue weighted by Crippen LogP contribution is 2.28. The van der Waals surface area contributed by atoms with E-state index in [1.807, 2.05) is 16.5 Å². The van der Waals surface area contributed by atoms with Crippen LogP contribution in [0.15, 0.2) is 42.6 Å². The minimum absolute atomic E-state index is 0.130. The van der Waals surface area contributed by atoms with E-state index in [4.69, 9.17) is 9.72 Å². The molecule has 2 atom stereocenters. The number of ether oxygens (including phenoxy) is 1. The van der Waals surface area contributed by atoms with E-state index in [2.05, 4.69) is 82.1 Å². The lowest BCUT2D eigenvalue weighted by Gasteiger charge is -2.36. The summed E-state index contributed by atoms with van der Waals surface area (Å²) in [6, 6.07) is 13.5. The third-order valence-electron chi connectivity index (χ3n) is 7.48. The van der Waals surface area contributed by atoms with Crippen LogP contribution in [-0.4, -0.2) is 88.0 Å². The van der Waals surface area contributed by atoms with E-state index < -0.39 is 0 Å². The van der Waals surface area contributed by atoms with Gasteiger partial charge < -0.3 is 19.4 Å². The summed E-state index contributed by atoms with van der Waals surface area (Å²) >= 11 is 0. The maximum absolute atomic E-state index is 5.93. The van der Waals surface area contributed by atoms with Gasteiger partial charge in [0.1, 0.15) is 5.52 Å². The van der Waals surface area contributed by atoms with Gasteiger partial charge in [-0.05, 0) is 65.0 Å². The van der Waals surface area contributed by atoms with Crippen molar-refractivity contribution in [2.45, 2.75) is 44.9 Å². The standard InChI is InChI=1S/C27H34N8O/c1-18-16-34(17-19(2)36-18)27-31-30-25-15-28-24-10-9-23(29-26(24)35(25)27)20-5-7-22(8-6-20)33-13-11-21(12-14-33)32(3)4/h5-10,15,18-19,21H,11-14,16-17H2,1-4H3/t18-,19+. The van der Waals surface area contributed by atoms with Gasteiger partial charge in [0.15, 0.2) is 11.3 Å². The van der Waals surface area contributed by atoms with Crippen LogP contribution in [0.4, 0.5) is 11.6 Å². The number of anilines is 2. The molecule has 2 aliphatic rings. The molecule has 0 amide bonds. The number of aromatic nitrogens is 5. The third kappa shape index (κ3) is 4.26. The van der Waals surface area contributed by atoms with Crippen LogP contribution >= 0.6 is 0 Å². The summed E-state index contributed by atoms with van der Waals surface area (Å²) in [5, 5.41) is 8.91. The molecule has 0 N–H and O–H groups in total. The first-order valence-corrected chi connectivity index (χ1v) is 12.9. The van der Waals surface area contributed by atoms with E-state index in [0.29, 0.717) is 11.7 Å². The van der Waals surface area contributed by atoms with Crippen LogP contribution in [0.1, 0.15) is 26.7 Å². The third-order valence-corrected chi connectivity index (χ3v) is 7.48. The van der Waals surface area contributed by atoms with Crippen molar-refractivity contribution >= 4 is 28.4 Å². The zero-order chi connectivity index (χ0) is 24.8. The highest BCUT2D eigenvalue weighted by molar-refractivity contribution is 5.79. The average molecular weight is 487 g/mol. The Morgan fingerprint density at radius 1 is 0.889 bits per heavy atom. The van der Waals surface area contributed by atoms with Gasteiger partial charge in [0.25, 0.3) is 0 Å². The number of pyridine rings is 1. The van der Waals surface area contributed by atoms with E-state index in [0.717, 1.165) is 54.5 Å². The van der Waals surface area contributed by atoms with E-state index >= 15 is 0 Å². The summed E-state index contributed by atoms with van der Waals surface area (Å²) in [5.74, 6) is 0.792. The van der Waals surface area contributed by atoms with Gasteiger partial charge in [-0.25, -0.2) is 14.4 Å². The summed E-state index contributed by atoms with van der Waals surface area (Å²) < 4.78 is 7.95. The quantitative estimate of drug-likeness (QED) is 0.434. The Labute approximate surface area is 211 Å². The Balaban J connectivity index is 1.31. The second-order valence-electron chi connectivity index (χ2n) is 10.4. The molecule has 0 unspecified atom stereocenters. The van der Waals surface area contributed by atoms with Crippen LogP contribution < -0.4 is 9.80 Å². The van der Waals surface area contributed by atoms with Crippen LogP contribution in [0.3, 0.4) is 0 Å². The number of nitrogens with zero attached hydrogens (tertiary/aromatic N) is 8. The Kier molecular flexibility index (Phi) is 5.97. The molecule has 1 aromatic carbocycles. The van der Waals surface area contributed by atoms with Gasteiger partial charge in [0.05, 0.1) is 24.1 Å². The monoisotopic (exact) mass is 486 g/mol. The molecule has 0 saturated carbocycles. The highest BCUT2D eigenvalue weighted by atomic mass is 16.5. The zero-order valence-corrected chi connectivity index (χ0v) is 21.5. The van der Waals surface area contributed by atoms with Crippen molar-refractivity contribution in [3.8, 4) is 11.3 Å². The maximum atomic E-state index is 5.93. The zero-order valence-electron chi connectivity index (χ0n) is 21.5. The molecule has 188 valence electrons. The first-order chi connectivity index (χ1) is 17.5. The number of piperidine rings is 1. The minimum Gasteiger partial charge on any atom is -0.372 e. The van der Waals surface area contributed by atoms with E-state index in [1.54, 1.807) is 6.20 Å². The molecule has 2 saturated heterocycles. The number of hydrogen-bond donors (Lipinski definition) is 0. The topological polar surface area (TPSA) is 74.9 Å². The molecule has 3 aromatic heterocycles. The predicted molar refractivity (Wildman–Crippen MR) is 143 cm³/mol. The van der Waals surface area contributed by atoms with E-state index in [1.165, 1.54) is 18.5 Å². The first kappa shape index (κ1) is 23.1. The minimum atomic E-state index is 0.130. The molecule has 6 rings (SSSR count). The largest absolute Gasteiger partial charge is 0.372 e. The van der Waals surface area contributed by atoms with Crippen molar-refractivity contribution in [3.05, 3.63) is 42.6 Å². The Morgan fingerprint density at radius 3 is 2.31 bits per heavy atom. The molecule has 4 aromatic rings. The number of fused-ring (bicyclic) bond motifs is 3. The molecule has 36 heavy (non-hydrogen) atoms. The summed E-state index contributed by atoms with van der Waals surface area (Å²) in [6.07, 6.45) is 4.43. The van der Waals surface area contributed by atoms with Crippen molar-refractivity contribution in [2.75, 3.05) is 50.1 Å². The fourth-order valence-corrected chi connectivity index (χ4v) is 5.60. The molecule has 9 heteroatoms. The van der Waals surface area contributed by atoms with Gasteiger partial charge in [-0.15, -0.1) is 10.2 Å². The summed E-state index contributed by atoms with van der Waals surface area (Å²) in [4.78, 5) is 16.7. The second-order valence-corrected chi connectivity index (χ2v) is 10.4. The van der Waals surface area contributed by atoms with Gasteiger partial charge in [-0.1, -0.05) is 12.1 Å². The molecule has 0 radical (unpaired) electrons. The molecule has 2 aliphatic heterocycles. The lowest BCUT2D eigenvalue weighted by Crippen LogP contribution is -2.46. The highest BCUT2D eigenvalue weighted by Gasteiger charge is 2.26. The molecule has 2 fully saturated rings.